The molecule has 2 rings (SSSR count). The molecule has 1 aromatic heterocycles. The third-order valence-electron chi connectivity index (χ3n) is 2.58. The van der Waals surface area contributed by atoms with E-state index in [4.69, 9.17) is 0 Å². The van der Waals surface area contributed by atoms with Crippen molar-refractivity contribution in [3.05, 3.63) is 65.7 Å². The standard InChI is InChI=1S/C16H13FN2O/c17-15-7-2-1-5-13(15)8-9-16(20)19-12-10-14-6-3-4-11-18-14/h1-7,11H,10,12H2,(H,19,20). The first-order chi connectivity index (χ1) is 9.75. The van der Waals surface area contributed by atoms with Gasteiger partial charge in [-0.2, -0.15) is 0 Å². The lowest BCUT2D eigenvalue weighted by molar-refractivity contribution is -0.115. The average Bonchev–Trinajstić information content (AvgIpc) is 2.47. The van der Waals surface area contributed by atoms with Gasteiger partial charge in [0.25, 0.3) is 5.91 Å². The third kappa shape index (κ3) is 4.21. The molecule has 0 radical (unpaired) electrons. The second-order valence-electron chi connectivity index (χ2n) is 4.06. The van der Waals surface area contributed by atoms with Crippen molar-refractivity contribution in [1.82, 2.24) is 10.3 Å². The van der Waals surface area contributed by atoms with Crippen molar-refractivity contribution in [2.45, 2.75) is 6.42 Å². The minimum Gasteiger partial charge on any atom is -0.345 e. The first kappa shape index (κ1) is 13.8. The topological polar surface area (TPSA) is 42.0 Å². The Labute approximate surface area is 116 Å². The van der Waals surface area contributed by atoms with Crippen LogP contribution in [0.4, 0.5) is 4.39 Å². The van der Waals surface area contributed by atoms with E-state index in [1.54, 1.807) is 18.3 Å². The maximum Gasteiger partial charge on any atom is 0.296 e. The molecule has 1 aromatic carbocycles. The lowest BCUT2D eigenvalue weighted by Gasteiger charge is -2.00. The quantitative estimate of drug-likeness (QED) is 0.864. The van der Waals surface area contributed by atoms with Gasteiger partial charge in [0, 0.05) is 30.8 Å². The fourth-order valence-corrected chi connectivity index (χ4v) is 1.58. The van der Waals surface area contributed by atoms with Gasteiger partial charge in [0.05, 0.1) is 5.56 Å². The van der Waals surface area contributed by atoms with E-state index in [0.717, 1.165) is 5.69 Å². The summed E-state index contributed by atoms with van der Waals surface area (Å²) >= 11 is 0. The number of nitrogens with one attached hydrogen (secondary N) is 1. The van der Waals surface area contributed by atoms with Crippen LogP contribution in [0.15, 0.2) is 48.7 Å². The van der Waals surface area contributed by atoms with Crippen LogP contribution in [0.1, 0.15) is 11.3 Å². The van der Waals surface area contributed by atoms with Crippen molar-refractivity contribution >= 4 is 5.91 Å². The fraction of sp³-hybridized carbons (Fsp3) is 0.125. The summed E-state index contributed by atoms with van der Waals surface area (Å²) < 4.78 is 13.3. The summed E-state index contributed by atoms with van der Waals surface area (Å²) in [7, 11) is 0. The maximum atomic E-state index is 13.3. The predicted molar refractivity (Wildman–Crippen MR) is 74.2 cm³/mol. The molecule has 0 aliphatic carbocycles. The van der Waals surface area contributed by atoms with Gasteiger partial charge >= 0.3 is 0 Å². The minimum atomic E-state index is -0.429. The lowest BCUT2D eigenvalue weighted by atomic mass is 10.2. The molecule has 0 aliphatic heterocycles. The van der Waals surface area contributed by atoms with Crippen LogP contribution in [0.3, 0.4) is 0 Å². The number of rotatable bonds is 3. The monoisotopic (exact) mass is 268 g/mol. The van der Waals surface area contributed by atoms with Crippen LogP contribution in [-0.2, 0) is 11.2 Å². The zero-order chi connectivity index (χ0) is 14.2. The number of nitrogens with zero attached hydrogens (tertiary/aromatic N) is 1. The van der Waals surface area contributed by atoms with Crippen molar-refractivity contribution in [3.8, 4) is 11.8 Å². The molecule has 0 atom stereocenters. The Hall–Kier alpha value is -2.67. The van der Waals surface area contributed by atoms with Crippen LogP contribution >= 0.6 is 0 Å². The van der Waals surface area contributed by atoms with E-state index >= 15 is 0 Å². The Morgan fingerprint density at radius 2 is 2.00 bits per heavy atom. The van der Waals surface area contributed by atoms with Gasteiger partial charge in [-0.05, 0) is 24.3 Å². The molecule has 1 N–H and O–H groups in total. The molecule has 1 amide bonds. The first-order valence-corrected chi connectivity index (χ1v) is 6.20. The summed E-state index contributed by atoms with van der Waals surface area (Å²) in [6.07, 6.45) is 2.34. The normalized spacial score (nSPS) is 9.45. The summed E-state index contributed by atoms with van der Waals surface area (Å²) in [4.78, 5) is 15.6. The van der Waals surface area contributed by atoms with Crippen LogP contribution in [0.5, 0.6) is 0 Å². The van der Waals surface area contributed by atoms with Crippen molar-refractivity contribution in [1.29, 1.82) is 0 Å². The zero-order valence-corrected chi connectivity index (χ0v) is 10.8. The van der Waals surface area contributed by atoms with Gasteiger partial charge in [0.1, 0.15) is 5.82 Å². The van der Waals surface area contributed by atoms with E-state index in [0.29, 0.717) is 13.0 Å². The van der Waals surface area contributed by atoms with E-state index in [9.17, 15) is 9.18 Å². The van der Waals surface area contributed by atoms with Crippen LogP contribution in [-0.4, -0.2) is 17.4 Å². The molecule has 0 aliphatic rings. The van der Waals surface area contributed by atoms with E-state index in [1.807, 2.05) is 18.2 Å². The van der Waals surface area contributed by atoms with E-state index in [-0.39, 0.29) is 5.56 Å². The second kappa shape index (κ2) is 7.05. The smallest absolute Gasteiger partial charge is 0.296 e. The Morgan fingerprint density at radius 3 is 2.75 bits per heavy atom. The fourth-order valence-electron chi connectivity index (χ4n) is 1.58. The molecule has 2 aromatic rings. The van der Waals surface area contributed by atoms with Crippen molar-refractivity contribution in [3.63, 3.8) is 0 Å². The van der Waals surface area contributed by atoms with Crippen LogP contribution in [0.25, 0.3) is 0 Å². The minimum absolute atomic E-state index is 0.215. The molecule has 0 bridgehead atoms. The predicted octanol–water partition coefficient (Wildman–Crippen LogP) is 1.93. The summed E-state index contributed by atoms with van der Waals surface area (Å²) in [6.45, 7) is 0.446. The van der Waals surface area contributed by atoms with Crippen LogP contribution in [0, 0.1) is 17.7 Å². The van der Waals surface area contributed by atoms with Crippen LogP contribution < -0.4 is 5.32 Å². The molecule has 1 heterocycles. The highest BCUT2D eigenvalue weighted by Crippen LogP contribution is 2.03. The van der Waals surface area contributed by atoms with E-state index in [1.165, 1.54) is 12.1 Å². The second-order valence-corrected chi connectivity index (χ2v) is 4.06. The largest absolute Gasteiger partial charge is 0.345 e. The number of benzene rings is 1. The number of aromatic nitrogens is 1. The van der Waals surface area contributed by atoms with Gasteiger partial charge in [0.2, 0.25) is 0 Å². The molecular weight excluding hydrogens is 255 g/mol. The van der Waals surface area contributed by atoms with Gasteiger partial charge in [-0.3, -0.25) is 9.78 Å². The van der Waals surface area contributed by atoms with E-state index in [2.05, 4.69) is 22.1 Å². The number of carbonyl (C=O) groups excluding carboxylic acids is 1. The third-order valence-corrected chi connectivity index (χ3v) is 2.58. The number of carbonyl (C=O) groups is 1. The van der Waals surface area contributed by atoms with Gasteiger partial charge in [-0.15, -0.1) is 0 Å². The molecule has 0 spiro atoms. The summed E-state index contributed by atoms with van der Waals surface area (Å²) in [5.74, 6) is 4.02. The molecule has 0 saturated carbocycles. The van der Waals surface area contributed by atoms with Gasteiger partial charge < -0.3 is 5.32 Å². The van der Waals surface area contributed by atoms with Gasteiger partial charge in [0.15, 0.2) is 0 Å². The number of pyridine rings is 1. The Morgan fingerprint density at radius 1 is 1.20 bits per heavy atom. The SMILES string of the molecule is O=C(C#Cc1ccccc1F)NCCc1ccccn1. The van der Waals surface area contributed by atoms with Crippen LogP contribution in [0.2, 0.25) is 0 Å². The van der Waals surface area contributed by atoms with E-state index < -0.39 is 11.7 Å². The Bertz CT molecular complexity index is 644. The van der Waals surface area contributed by atoms with Crippen molar-refractivity contribution < 1.29 is 9.18 Å². The molecule has 0 unspecified atom stereocenters. The highest BCUT2D eigenvalue weighted by Gasteiger charge is 1.98. The molecular formula is C16H13FN2O. The molecule has 20 heavy (non-hydrogen) atoms. The molecule has 100 valence electrons. The highest BCUT2D eigenvalue weighted by molar-refractivity contribution is 5.94. The summed E-state index contributed by atoms with van der Waals surface area (Å²) in [5.41, 5.74) is 1.11. The average molecular weight is 268 g/mol. The van der Waals surface area contributed by atoms with Gasteiger partial charge in [-0.25, -0.2) is 4.39 Å². The Balaban J connectivity index is 1.83. The zero-order valence-electron chi connectivity index (χ0n) is 10.8. The molecule has 0 fully saturated rings. The number of hydrogen-bond donors (Lipinski definition) is 1. The summed E-state index contributed by atoms with van der Waals surface area (Å²) in [5, 5.41) is 2.65. The Kier molecular flexibility index (Phi) is 4.85. The first-order valence-electron chi connectivity index (χ1n) is 6.20. The molecule has 0 saturated heterocycles. The van der Waals surface area contributed by atoms with Crippen molar-refractivity contribution in [2.24, 2.45) is 0 Å². The molecule has 3 nitrogen and oxygen atoms in total. The number of hydrogen-bond acceptors (Lipinski definition) is 2. The number of halogens is 1. The van der Waals surface area contributed by atoms with Gasteiger partial charge in [-0.1, -0.05) is 24.1 Å². The summed E-state index contributed by atoms with van der Waals surface area (Å²) in [6, 6.07) is 11.7. The van der Waals surface area contributed by atoms with Crippen molar-refractivity contribution in [2.75, 3.05) is 6.54 Å². The highest BCUT2D eigenvalue weighted by atomic mass is 19.1. The number of amides is 1. The lowest BCUT2D eigenvalue weighted by Crippen LogP contribution is -2.24. The maximum absolute atomic E-state index is 13.3. The molecule has 4 heteroatoms.